The van der Waals surface area contributed by atoms with E-state index in [1.54, 1.807) is 18.2 Å². The second-order valence-corrected chi connectivity index (χ2v) is 9.09. The second-order valence-electron chi connectivity index (χ2n) is 6.95. The van der Waals surface area contributed by atoms with E-state index < -0.39 is 0 Å². The molecule has 1 atom stereocenters. The Balaban J connectivity index is 1.54. The molecule has 0 radical (unpaired) electrons. The van der Waals surface area contributed by atoms with Gasteiger partial charge in [-0.05, 0) is 66.4 Å². The van der Waals surface area contributed by atoms with E-state index in [0.29, 0.717) is 46.2 Å². The molecule has 0 spiro atoms. The molecule has 0 saturated carbocycles. The molecule has 3 rings (SSSR count). The summed E-state index contributed by atoms with van der Waals surface area (Å²) in [5, 5.41) is 11.1. The van der Waals surface area contributed by atoms with Crippen LogP contribution in [0.2, 0.25) is 15.1 Å². The maximum Gasteiger partial charge on any atom is 0.156 e. The van der Waals surface area contributed by atoms with Gasteiger partial charge < -0.3 is 9.47 Å². The van der Waals surface area contributed by atoms with E-state index >= 15 is 0 Å². The van der Waals surface area contributed by atoms with Crippen LogP contribution in [-0.2, 0) is 6.42 Å². The van der Waals surface area contributed by atoms with Crippen molar-refractivity contribution in [3.8, 4) is 17.6 Å². The average Bonchev–Trinajstić information content (AvgIpc) is 2.72. The fourth-order valence-electron chi connectivity index (χ4n) is 3.09. The number of nitriles is 1. The first kappa shape index (κ1) is 23.8. The number of halogens is 4. The number of nitrogens with zero attached hydrogens (tertiary/aromatic N) is 1. The van der Waals surface area contributed by atoms with Crippen molar-refractivity contribution in [1.29, 1.82) is 5.26 Å². The van der Waals surface area contributed by atoms with Crippen molar-refractivity contribution < 1.29 is 9.47 Å². The molecule has 0 bridgehead atoms. The van der Waals surface area contributed by atoms with Crippen molar-refractivity contribution in [3.05, 3.63) is 90.8 Å². The van der Waals surface area contributed by atoms with E-state index in [-0.39, 0.29) is 5.92 Å². The lowest BCUT2D eigenvalue weighted by Gasteiger charge is -2.13. The first-order chi connectivity index (χ1) is 14.9. The van der Waals surface area contributed by atoms with Crippen LogP contribution in [0.5, 0.6) is 11.5 Å². The first-order valence-corrected chi connectivity index (χ1v) is 11.4. The standard InChI is InChI=1S/C24H19BrCl3NO2/c1-15-10-22(27)24(23(28)11-15)31-9-8-30-19-5-2-16(3-6-19)12-17(14-29)20-7-4-18(25)13-21(20)26/h2-7,10-11,13,17H,8-9,12H2,1H3. The van der Waals surface area contributed by atoms with Crippen molar-refractivity contribution in [2.75, 3.05) is 13.2 Å². The number of benzene rings is 3. The molecule has 0 aliphatic rings. The second kappa shape index (κ2) is 11.1. The molecule has 3 aromatic carbocycles. The lowest BCUT2D eigenvalue weighted by Crippen LogP contribution is -2.09. The molecule has 0 N–H and O–H groups in total. The van der Waals surface area contributed by atoms with Gasteiger partial charge in [0.25, 0.3) is 0 Å². The molecule has 0 aromatic heterocycles. The Morgan fingerprint density at radius 2 is 1.55 bits per heavy atom. The van der Waals surface area contributed by atoms with Gasteiger partial charge in [-0.25, -0.2) is 0 Å². The van der Waals surface area contributed by atoms with Crippen LogP contribution in [0.25, 0.3) is 0 Å². The Bertz CT molecular complexity index is 1070. The highest BCUT2D eigenvalue weighted by Gasteiger charge is 2.15. The van der Waals surface area contributed by atoms with E-state index in [1.807, 2.05) is 43.3 Å². The molecule has 160 valence electrons. The number of ether oxygens (including phenoxy) is 2. The zero-order valence-corrected chi connectivity index (χ0v) is 20.5. The Labute approximate surface area is 205 Å². The SMILES string of the molecule is Cc1cc(Cl)c(OCCOc2ccc(CC(C#N)c3ccc(Br)cc3Cl)cc2)c(Cl)c1. The molecule has 0 aliphatic carbocycles. The van der Waals surface area contributed by atoms with Gasteiger partial charge in [-0.2, -0.15) is 5.26 Å². The van der Waals surface area contributed by atoms with Crippen LogP contribution in [0.1, 0.15) is 22.6 Å². The van der Waals surface area contributed by atoms with Crippen LogP contribution in [0.4, 0.5) is 0 Å². The molecular weight excluding hydrogens is 521 g/mol. The number of rotatable bonds is 8. The summed E-state index contributed by atoms with van der Waals surface area (Å²) in [6.07, 6.45) is 0.561. The molecule has 0 heterocycles. The highest BCUT2D eigenvalue weighted by atomic mass is 79.9. The van der Waals surface area contributed by atoms with Gasteiger partial charge in [0.15, 0.2) is 5.75 Å². The molecule has 0 fully saturated rings. The van der Waals surface area contributed by atoms with Crippen LogP contribution in [0.3, 0.4) is 0 Å². The third kappa shape index (κ3) is 6.54. The van der Waals surface area contributed by atoms with Crippen LogP contribution in [0.15, 0.2) is 59.1 Å². The van der Waals surface area contributed by atoms with Gasteiger partial charge >= 0.3 is 0 Å². The van der Waals surface area contributed by atoms with Crippen LogP contribution >= 0.6 is 50.7 Å². The lowest BCUT2D eigenvalue weighted by atomic mass is 9.93. The van der Waals surface area contributed by atoms with Crippen molar-refractivity contribution >= 4 is 50.7 Å². The Hall–Kier alpha value is -1.90. The number of aryl methyl sites for hydroxylation is 1. The molecule has 3 nitrogen and oxygen atoms in total. The van der Waals surface area contributed by atoms with Crippen molar-refractivity contribution in [2.45, 2.75) is 19.3 Å². The van der Waals surface area contributed by atoms with Gasteiger partial charge in [0.1, 0.15) is 19.0 Å². The highest BCUT2D eigenvalue weighted by Crippen LogP contribution is 2.34. The summed E-state index contributed by atoms with van der Waals surface area (Å²) in [6, 6.07) is 19.2. The maximum absolute atomic E-state index is 9.60. The van der Waals surface area contributed by atoms with Crippen LogP contribution < -0.4 is 9.47 Å². The Morgan fingerprint density at radius 3 is 2.16 bits per heavy atom. The molecule has 0 amide bonds. The normalized spacial score (nSPS) is 11.6. The summed E-state index contributed by atoms with van der Waals surface area (Å²) < 4.78 is 12.3. The van der Waals surface area contributed by atoms with Crippen molar-refractivity contribution in [1.82, 2.24) is 0 Å². The Kier molecular flexibility index (Phi) is 8.51. The minimum absolute atomic E-state index is 0.308. The number of hydrogen-bond acceptors (Lipinski definition) is 3. The smallest absolute Gasteiger partial charge is 0.156 e. The molecule has 1 unspecified atom stereocenters. The number of hydrogen-bond donors (Lipinski definition) is 0. The van der Waals surface area contributed by atoms with Gasteiger partial charge in [0.05, 0.1) is 22.0 Å². The summed E-state index contributed by atoms with van der Waals surface area (Å²) in [5.41, 5.74) is 2.81. The third-order valence-corrected chi connectivity index (χ3v) is 5.98. The van der Waals surface area contributed by atoms with E-state index in [0.717, 1.165) is 21.2 Å². The van der Waals surface area contributed by atoms with Gasteiger partial charge in [-0.1, -0.05) is 68.9 Å². The monoisotopic (exact) mass is 537 g/mol. The molecule has 7 heteroatoms. The van der Waals surface area contributed by atoms with E-state index in [1.165, 1.54) is 0 Å². The maximum atomic E-state index is 9.60. The van der Waals surface area contributed by atoms with Crippen molar-refractivity contribution in [3.63, 3.8) is 0 Å². The van der Waals surface area contributed by atoms with Gasteiger partial charge in [0, 0.05) is 9.50 Å². The summed E-state index contributed by atoms with van der Waals surface area (Å²) in [6.45, 7) is 2.57. The predicted molar refractivity (Wildman–Crippen MR) is 130 cm³/mol. The van der Waals surface area contributed by atoms with E-state index in [2.05, 4.69) is 22.0 Å². The fourth-order valence-corrected chi connectivity index (χ4v) is 4.60. The quantitative estimate of drug-likeness (QED) is 0.272. The van der Waals surface area contributed by atoms with Crippen molar-refractivity contribution in [2.24, 2.45) is 0 Å². The summed E-state index contributed by atoms with van der Waals surface area (Å²) in [4.78, 5) is 0. The fraction of sp³-hybridized carbons (Fsp3) is 0.208. The molecule has 0 saturated heterocycles. The highest BCUT2D eigenvalue weighted by molar-refractivity contribution is 9.10. The van der Waals surface area contributed by atoms with Gasteiger partial charge in [-0.3, -0.25) is 0 Å². The zero-order valence-electron chi connectivity index (χ0n) is 16.7. The van der Waals surface area contributed by atoms with Crippen LogP contribution in [0, 0.1) is 18.3 Å². The summed E-state index contributed by atoms with van der Waals surface area (Å²) in [7, 11) is 0. The van der Waals surface area contributed by atoms with Gasteiger partial charge in [0.2, 0.25) is 0 Å². The molecule has 3 aromatic rings. The molecule has 31 heavy (non-hydrogen) atoms. The zero-order chi connectivity index (χ0) is 22.4. The topological polar surface area (TPSA) is 42.2 Å². The van der Waals surface area contributed by atoms with E-state index in [9.17, 15) is 5.26 Å². The summed E-state index contributed by atoms with van der Waals surface area (Å²) >= 11 is 22.1. The predicted octanol–water partition coefficient (Wildman–Crippen LogP) is 8.03. The van der Waals surface area contributed by atoms with Gasteiger partial charge in [-0.15, -0.1) is 0 Å². The summed E-state index contributed by atoms with van der Waals surface area (Å²) in [5.74, 6) is 0.843. The molecule has 0 aliphatic heterocycles. The molecular formula is C24H19BrCl3NO2. The van der Waals surface area contributed by atoms with E-state index in [4.69, 9.17) is 44.3 Å². The third-order valence-electron chi connectivity index (χ3n) is 4.60. The Morgan fingerprint density at radius 1 is 0.903 bits per heavy atom. The average molecular weight is 540 g/mol. The lowest BCUT2D eigenvalue weighted by molar-refractivity contribution is 0.217. The minimum Gasteiger partial charge on any atom is -0.490 e. The largest absolute Gasteiger partial charge is 0.490 e. The minimum atomic E-state index is -0.329. The first-order valence-electron chi connectivity index (χ1n) is 9.52. The van der Waals surface area contributed by atoms with Crippen LogP contribution in [-0.4, -0.2) is 13.2 Å².